The standard InChI is InChI=1S/C14H20OS/c1-14(2,3)12-6-8-13(9-7-12)16-11-5-4-10-15/h6-10H,4-5,11H2,1-3H3. The third-order valence-electron chi connectivity index (χ3n) is 2.46. The van der Waals surface area contributed by atoms with E-state index < -0.39 is 0 Å². The topological polar surface area (TPSA) is 17.1 Å². The quantitative estimate of drug-likeness (QED) is 0.436. The summed E-state index contributed by atoms with van der Waals surface area (Å²) in [7, 11) is 0. The van der Waals surface area contributed by atoms with Crippen LogP contribution in [0.25, 0.3) is 0 Å². The van der Waals surface area contributed by atoms with Crippen molar-refractivity contribution < 1.29 is 4.79 Å². The minimum absolute atomic E-state index is 0.223. The number of hydrogen-bond acceptors (Lipinski definition) is 2. The molecule has 1 rings (SSSR count). The Kier molecular flexibility index (Phi) is 5.07. The maximum absolute atomic E-state index is 10.2. The lowest BCUT2D eigenvalue weighted by Gasteiger charge is -2.19. The van der Waals surface area contributed by atoms with Crippen LogP contribution in [0.15, 0.2) is 29.2 Å². The van der Waals surface area contributed by atoms with Crippen LogP contribution in [0, 0.1) is 0 Å². The van der Waals surface area contributed by atoms with Gasteiger partial charge in [-0.3, -0.25) is 0 Å². The predicted molar refractivity (Wildman–Crippen MR) is 71.2 cm³/mol. The van der Waals surface area contributed by atoms with Gasteiger partial charge in [-0.25, -0.2) is 0 Å². The number of benzene rings is 1. The molecule has 0 aliphatic heterocycles. The van der Waals surface area contributed by atoms with Crippen LogP contribution in [-0.4, -0.2) is 12.0 Å². The average molecular weight is 236 g/mol. The van der Waals surface area contributed by atoms with Crippen molar-refractivity contribution in [3.05, 3.63) is 29.8 Å². The van der Waals surface area contributed by atoms with Crippen LogP contribution >= 0.6 is 11.8 Å². The second kappa shape index (κ2) is 6.09. The zero-order chi connectivity index (χ0) is 12.0. The molecule has 2 heteroatoms. The molecule has 0 aliphatic rings. The van der Waals surface area contributed by atoms with Crippen molar-refractivity contribution in [1.82, 2.24) is 0 Å². The molecule has 88 valence electrons. The highest BCUT2D eigenvalue weighted by Crippen LogP contribution is 2.25. The van der Waals surface area contributed by atoms with Gasteiger partial charge in [-0.05, 0) is 35.3 Å². The summed E-state index contributed by atoms with van der Waals surface area (Å²) in [6.07, 6.45) is 2.63. The van der Waals surface area contributed by atoms with Crippen molar-refractivity contribution in [3.8, 4) is 0 Å². The molecule has 0 radical (unpaired) electrons. The molecular weight excluding hydrogens is 216 g/mol. The summed E-state index contributed by atoms with van der Waals surface area (Å²) in [5, 5.41) is 0. The molecular formula is C14H20OS. The van der Waals surface area contributed by atoms with Gasteiger partial charge >= 0.3 is 0 Å². The fourth-order valence-electron chi connectivity index (χ4n) is 1.41. The van der Waals surface area contributed by atoms with E-state index in [4.69, 9.17) is 0 Å². The average Bonchev–Trinajstić information content (AvgIpc) is 2.24. The highest BCUT2D eigenvalue weighted by atomic mass is 32.2. The van der Waals surface area contributed by atoms with E-state index in [1.54, 1.807) is 0 Å². The number of carbonyl (C=O) groups is 1. The van der Waals surface area contributed by atoms with Gasteiger partial charge in [0.05, 0.1) is 0 Å². The molecule has 1 aromatic carbocycles. The largest absolute Gasteiger partial charge is 0.303 e. The Balaban J connectivity index is 2.48. The number of hydrogen-bond donors (Lipinski definition) is 0. The van der Waals surface area contributed by atoms with Crippen LogP contribution < -0.4 is 0 Å². The van der Waals surface area contributed by atoms with E-state index in [1.165, 1.54) is 10.5 Å². The molecule has 0 saturated carbocycles. The Labute approximate surface area is 103 Å². The maximum Gasteiger partial charge on any atom is 0.120 e. The fraction of sp³-hybridized carbons (Fsp3) is 0.500. The molecule has 0 N–H and O–H groups in total. The van der Waals surface area contributed by atoms with E-state index in [0.717, 1.165) is 18.5 Å². The van der Waals surface area contributed by atoms with Crippen molar-refractivity contribution in [1.29, 1.82) is 0 Å². The molecule has 1 aromatic rings. The van der Waals surface area contributed by atoms with Crippen LogP contribution in [0.1, 0.15) is 39.2 Å². The molecule has 0 aliphatic carbocycles. The highest BCUT2D eigenvalue weighted by molar-refractivity contribution is 7.99. The molecule has 0 heterocycles. The molecule has 0 aromatic heterocycles. The van der Waals surface area contributed by atoms with Gasteiger partial charge in [0.1, 0.15) is 6.29 Å². The first kappa shape index (κ1) is 13.3. The first-order valence-electron chi connectivity index (χ1n) is 5.71. The Morgan fingerprint density at radius 1 is 1.19 bits per heavy atom. The summed E-state index contributed by atoms with van der Waals surface area (Å²) >= 11 is 1.82. The summed E-state index contributed by atoms with van der Waals surface area (Å²) in [6.45, 7) is 6.66. The lowest BCUT2D eigenvalue weighted by atomic mass is 9.87. The Hall–Kier alpha value is -0.760. The number of unbranched alkanes of at least 4 members (excludes halogenated alkanes) is 1. The first-order valence-corrected chi connectivity index (χ1v) is 6.69. The smallest absolute Gasteiger partial charge is 0.120 e. The van der Waals surface area contributed by atoms with Crippen LogP contribution in [-0.2, 0) is 10.2 Å². The predicted octanol–water partition coefficient (Wildman–Crippen LogP) is 4.06. The number of carbonyl (C=O) groups excluding carboxylic acids is 1. The van der Waals surface area contributed by atoms with Gasteiger partial charge in [0.25, 0.3) is 0 Å². The molecule has 0 saturated heterocycles. The molecule has 0 unspecified atom stereocenters. The van der Waals surface area contributed by atoms with Gasteiger partial charge in [0.2, 0.25) is 0 Å². The summed E-state index contributed by atoms with van der Waals surface area (Å²) in [5.74, 6) is 1.02. The summed E-state index contributed by atoms with van der Waals surface area (Å²) in [6, 6.07) is 8.74. The normalized spacial score (nSPS) is 11.4. The van der Waals surface area contributed by atoms with Crippen molar-refractivity contribution in [3.63, 3.8) is 0 Å². The zero-order valence-electron chi connectivity index (χ0n) is 10.3. The number of aldehydes is 1. The van der Waals surface area contributed by atoms with Gasteiger partial charge in [-0.15, -0.1) is 11.8 Å². The van der Waals surface area contributed by atoms with Crippen molar-refractivity contribution in [2.75, 3.05) is 5.75 Å². The maximum atomic E-state index is 10.2. The Bertz CT molecular complexity index is 322. The lowest BCUT2D eigenvalue weighted by Crippen LogP contribution is -2.10. The van der Waals surface area contributed by atoms with E-state index in [9.17, 15) is 4.79 Å². The van der Waals surface area contributed by atoms with Crippen LogP contribution in [0.2, 0.25) is 0 Å². The molecule has 0 atom stereocenters. The molecule has 1 nitrogen and oxygen atoms in total. The van der Waals surface area contributed by atoms with Gasteiger partial charge in [0, 0.05) is 11.3 Å². The number of rotatable bonds is 5. The molecule has 0 bridgehead atoms. The second-order valence-electron chi connectivity index (χ2n) is 4.93. The highest BCUT2D eigenvalue weighted by Gasteiger charge is 2.12. The molecule has 0 spiro atoms. The van der Waals surface area contributed by atoms with E-state index in [0.29, 0.717) is 6.42 Å². The Morgan fingerprint density at radius 2 is 1.81 bits per heavy atom. The lowest BCUT2D eigenvalue weighted by molar-refractivity contribution is -0.107. The molecule has 0 fully saturated rings. The SMILES string of the molecule is CC(C)(C)c1ccc(SCCCC=O)cc1. The van der Waals surface area contributed by atoms with Crippen molar-refractivity contribution in [2.45, 2.75) is 43.9 Å². The molecule has 16 heavy (non-hydrogen) atoms. The summed E-state index contributed by atoms with van der Waals surface area (Å²) < 4.78 is 0. The van der Waals surface area contributed by atoms with Crippen LogP contribution in [0.4, 0.5) is 0 Å². The van der Waals surface area contributed by atoms with Gasteiger partial charge < -0.3 is 4.79 Å². The minimum Gasteiger partial charge on any atom is -0.303 e. The number of thioether (sulfide) groups is 1. The van der Waals surface area contributed by atoms with E-state index in [2.05, 4.69) is 45.0 Å². The Morgan fingerprint density at radius 3 is 2.31 bits per heavy atom. The minimum atomic E-state index is 0.223. The monoisotopic (exact) mass is 236 g/mol. The summed E-state index contributed by atoms with van der Waals surface area (Å²) in [4.78, 5) is 11.5. The van der Waals surface area contributed by atoms with Crippen LogP contribution in [0.5, 0.6) is 0 Å². The van der Waals surface area contributed by atoms with Gasteiger partial charge in [0.15, 0.2) is 0 Å². The van der Waals surface area contributed by atoms with E-state index in [1.807, 2.05) is 11.8 Å². The fourth-order valence-corrected chi connectivity index (χ4v) is 2.28. The zero-order valence-corrected chi connectivity index (χ0v) is 11.1. The third-order valence-corrected chi connectivity index (χ3v) is 3.55. The summed E-state index contributed by atoms with van der Waals surface area (Å²) in [5.41, 5.74) is 1.59. The van der Waals surface area contributed by atoms with Gasteiger partial charge in [-0.1, -0.05) is 32.9 Å². The van der Waals surface area contributed by atoms with Crippen molar-refractivity contribution in [2.24, 2.45) is 0 Å². The van der Waals surface area contributed by atoms with Crippen LogP contribution in [0.3, 0.4) is 0 Å². The third kappa shape index (κ3) is 4.40. The van der Waals surface area contributed by atoms with E-state index >= 15 is 0 Å². The molecule has 0 amide bonds. The first-order chi connectivity index (χ1) is 7.54. The van der Waals surface area contributed by atoms with Crippen molar-refractivity contribution >= 4 is 18.0 Å². The van der Waals surface area contributed by atoms with E-state index in [-0.39, 0.29) is 5.41 Å². The van der Waals surface area contributed by atoms with Gasteiger partial charge in [-0.2, -0.15) is 0 Å². The second-order valence-corrected chi connectivity index (χ2v) is 6.10.